The molecule has 0 aliphatic heterocycles. The van der Waals surface area contributed by atoms with Crippen LogP contribution in [-0.2, 0) is 18.4 Å². The summed E-state index contributed by atoms with van der Waals surface area (Å²) in [6, 6.07) is -0.912. The molecule has 1 amide bonds. The maximum atomic E-state index is 13.0. The van der Waals surface area contributed by atoms with Gasteiger partial charge in [-0.25, -0.2) is 0 Å². The van der Waals surface area contributed by atoms with Gasteiger partial charge >= 0.3 is 0 Å². The number of carbonyl (C=O) groups excluding carboxylic acids is 1. The Labute approximate surface area is 460 Å². The molecule has 0 saturated heterocycles. The monoisotopic (exact) mass is 1060 g/mol. The van der Waals surface area contributed by atoms with Crippen molar-refractivity contribution in [2.45, 2.75) is 321 Å². The van der Waals surface area contributed by atoms with Crippen LogP contribution in [0.4, 0.5) is 0 Å². The molecule has 0 aromatic heterocycles. The van der Waals surface area contributed by atoms with Crippen LogP contribution in [0.15, 0.2) is 48.6 Å². The van der Waals surface area contributed by atoms with Crippen molar-refractivity contribution in [1.82, 2.24) is 5.32 Å². The third-order valence-corrected chi connectivity index (χ3v) is 15.5. The predicted octanol–water partition coefficient (Wildman–Crippen LogP) is 19.2. The van der Waals surface area contributed by atoms with Gasteiger partial charge in [0.25, 0.3) is 7.82 Å². The minimum absolute atomic E-state index is 0.00900. The third kappa shape index (κ3) is 58.1. The molecule has 74 heavy (non-hydrogen) atoms. The Kier molecular flexibility index (Phi) is 55.0. The Morgan fingerprint density at radius 2 is 0.757 bits per heavy atom. The molecule has 0 heterocycles. The summed E-state index contributed by atoms with van der Waals surface area (Å²) in [6.07, 6.45) is 75.0. The van der Waals surface area contributed by atoms with E-state index in [0.717, 1.165) is 44.9 Å². The van der Waals surface area contributed by atoms with Gasteiger partial charge in [-0.3, -0.25) is 9.36 Å². The summed E-state index contributed by atoms with van der Waals surface area (Å²) < 4.78 is 23.4. The number of rotatable bonds is 59. The molecule has 2 N–H and O–H groups in total. The molecule has 8 nitrogen and oxygen atoms in total. The summed E-state index contributed by atoms with van der Waals surface area (Å²) in [4.78, 5) is 25.6. The molecule has 0 radical (unpaired) electrons. The largest absolute Gasteiger partial charge is 0.756 e. The van der Waals surface area contributed by atoms with E-state index in [0.29, 0.717) is 17.4 Å². The zero-order valence-electron chi connectivity index (χ0n) is 49.8. The van der Waals surface area contributed by atoms with Crippen LogP contribution in [0.25, 0.3) is 0 Å². The number of aliphatic hydroxyl groups is 1. The number of phosphoric ester groups is 1. The highest BCUT2D eigenvalue weighted by Gasteiger charge is 2.23. The van der Waals surface area contributed by atoms with Crippen molar-refractivity contribution < 1.29 is 32.9 Å². The second-order valence-electron chi connectivity index (χ2n) is 23.1. The van der Waals surface area contributed by atoms with Gasteiger partial charge in [0.05, 0.1) is 39.9 Å². The number of allylic oxidation sites excluding steroid dienone is 7. The number of hydrogen-bond donors (Lipinski definition) is 2. The second kappa shape index (κ2) is 56.2. The Balaban J connectivity index is 4.19. The fourth-order valence-corrected chi connectivity index (χ4v) is 10.2. The summed E-state index contributed by atoms with van der Waals surface area (Å²) in [5.41, 5.74) is 0. The number of likely N-dealkylation sites (N-methyl/N-ethyl adjacent to an activating group) is 1. The minimum atomic E-state index is -4.61. The summed E-state index contributed by atoms with van der Waals surface area (Å²) >= 11 is 0. The molecule has 0 aromatic carbocycles. The highest BCUT2D eigenvalue weighted by atomic mass is 31.2. The van der Waals surface area contributed by atoms with Crippen LogP contribution < -0.4 is 10.2 Å². The lowest BCUT2D eigenvalue weighted by molar-refractivity contribution is -0.870. The Morgan fingerprint density at radius 3 is 1.09 bits per heavy atom. The predicted molar refractivity (Wildman–Crippen MR) is 321 cm³/mol. The summed E-state index contributed by atoms with van der Waals surface area (Å²) in [7, 11) is 1.24. The summed E-state index contributed by atoms with van der Waals surface area (Å²) in [6.45, 7) is 4.66. The average Bonchev–Trinajstić information content (AvgIpc) is 3.36. The maximum absolute atomic E-state index is 13.0. The first kappa shape index (κ1) is 72.5. The molecule has 0 aromatic rings. The number of carbonyl (C=O) groups is 1. The zero-order valence-corrected chi connectivity index (χ0v) is 50.7. The second-order valence-corrected chi connectivity index (χ2v) is 24.5. The molecule has 0 rings (SSSR count). The fraction of sp³-hybridized carbons (Fsp3) is 0.862. The number of unbranched alkanes of at least 4 members (excludes halogenated alkanes) is 40. The highest BCUT2D eigenvalue weighted by Crippen LogP contribution is 2.38. The van der Waals surface area contributed by atoms with Crippen molar-refractivity contribution in [3.8, 4) is 0 Å². The van der Waals surface area contributed by atoms with Crippen molar-refractivity contribution >= 4 is 13.7 Å². The van der Waals surface area contributed by atoms with Gasteiger partial charge in [-0.05, 0) is 70.6 Å². The highest BCUT2D eigenvalue weighted by molar-refractivity contribution is 7.45. The van der Waals surface area contributed by atoms with E-state index in [1.807, 2.05) is 27.2 Å². The van der Waals surface area contributed by atoms with E-state index in [-0.39, 0.29) is 12.5 Å². The van der Waals surface area contributed by atoms with Crippen molar-refractivity contribution in [2.75, 3.05) is 40.9 Å². The lowest BCUT2D eigenvalue weighted by Gasteiger charge is -2.29. The molecule has 0 aliphatic carbocycles. The fourth-order valence-electron chi connectivity index (χ4n) is 9.48. The average molecular weight is 1060 g/mol. The molecule has 0 spiro atoms. The van der Waals surface area contributed by atoms with E-state index < -0.39 is 26.6 Å². The van der Waals surface area contributed by atoms with Crippen molar-refractivity contribution in [1.29, 1.82) is 0 Å². The van der Waals surface area contributed by atoms with Crippen LogP contribution in [0.1, 0.15) is 309 Å². The van der Waals surface area contributed by atoms with Crippen LogP contribution in [-0.4, -0.2) is 68.5 Å². The zero-order chi connectivity index (χ0) is 54.2. The van der Waals surface area contributed by atoms with E-state index in [4.69, 9.17) is 9.05 Å². The van der Waals surface area contributed by atoms with Gasteiger partial charge < -0.3 is 28.8 Å². The number of phosphoric acid groups is 1. The molecular weight excluding hydrogens is 936 g/mol. The Morgan fingerprint density at radius 1 is 0.459 bits per heavy atom. The first-order valence-electron chi connectivity index (χ1n) is 32.0. The molecule has 0 fully saturated rings. The van der Waals surface area contributed by atoms with Crippen molar-refractivity contribution in [3.63, 3.8) is 0 Å². The number of hydrogen-bond acceptors (Lipinski definition) is 6. The first-order valence-corrected chi connectivity index (χ1v) is 33.5. The number of quaternary nitrogens is 1. The lowest BCUT2D eigenvalue weighted by Crippen LogP contribution is -2.45. The number of amides is 1. The van der Waals surface area contributed by atoms with E-state index in [1.54, 1.807) is 6.08 Å². The van der Waals surface area contributed by atoms with E-state index >= 15 is 0 Å². The summed E-state index contributed by atoms with van der Waals surface area (Å²) in [5, 5.41) is 13.9. The lowest BCUT2D eigenvalue weighted by atomic mass is 10.0. The van der Waals surface area contributed by atoms with Crippen LogP contribution >= 0.6 is 7.82 Å². The molecular formula is C65H125N2O6P. The normalized spacial score (nSPS) is 14.1. The Hall–Kier alpha value is -1.54. The van der Waals surface area contributed by atoms with Crippen molar-refractivity contribution in [2.24, 2.45) is 0 Å². The third-order valence-electron chi connectivity index (χ3n) is 14.5. The van der Waals surface area contributed by atoms with Crippen LogP contribution in [0.5, 0.6) is 0 Å². The molecule has 0 aliphatic rings. The molecule has 3 unspecified atom stereocenters. The molecule has 3 atom stereocenters. The van der Waals surface area contributed by atoms with Gasteiger partial charge in [-0.1, -0.05) is 281 Å². The van der Waals surface area contributed by atoms with Gasteiger partial charge in [0, 0.05) is 6.42 Å². The van der Waals surface area contributed by atoms with Gasteiger partial charge in [-0.15, -0.1) is 0 Å². The molecule has 0 saturated carbocycles. The minimum Gasteiger partial charge on any atom is -0.756 e. The first-order chi connectivity index (χ1) is 36.0. The van der Waals surface area contributed by atoms with Crippen LogP contribution in [0.3, 0.4) is 0 Å². The van der Waals surface area contributed by atoms with Crippen LogP contribution in [0.2, 0.25) is 0 Å². The van der Waals surface area contributed by atoms with E-state index in [1.165, 1.54) is 244 Å². The van der Waals surface area contributed by atoms with E-state index in [9.17, 15) is 19.4 Å². The molecule has 436 valence electrons. The van der Waals surface area contributed by atoms with Gasteiger partial charge in [0.15, 0.2) is 0 Å². The Bertz CT molecular complexity index is 1340. The topological polar surface area (TPSA) is 108 Å². The van der Waals surface area contributed by atoms with E-state index in [2.05, 4.69) is 55.6 Å². The maximum Gasteiger partial charge on any atom is 0.268 e. The van der Waals surface area contributed by atoms with Gasteiger partial charge in [0.2, 0.25) is 5.91 Å². The smallest absolute Gasteiger partial charge is 0.268 e. The molecule has 0 bridgehead atoms. The number of nitrogens with one attached hydrogen (secondary N) is 1. The van der Waals surface area contributed by atoms with Gasteiger partial charge in [0.1, 0.15) is 13.2 Å². The quantitative estimate of drug-likeness (QED) is 0.0272. The number of nitrogens with zero attached hydrogens (tertiary/aromatic N) is 1. The van der Waals surface area contributed by atoms with Gasteiger partial charge in [-0.2, -0.15) is 0 Å². The standard InChI is InChI=1S/C65H125N2O6P/c1-6-8-10-12-14-16-18-20-22-24-26-28-30-32-33-34-35-37-39-41-43-45-47-49-51-53-55-57-59-65(69)66-63(62-73-74(70,71)72-61-60-67(3,4)5)64(68)58-56-54-52-50-48-46-44-42-40-38-36-31-29-27-25-23-21-19-17-15-13-11-9-7-2/h32-33,40,42,48,50,56,58,63-64,68H,6-31,34-39,41,43-47,49,51-55,57,59-62H2,1-5H3,(H-,66,69,70,71)/b33-32-,42-40+,50-48+,58-56+. The van der Waals surface area contributed by atoms with Crippen LogP contribution in [0, 0.1) is 0 Å². The SMILES string of the molecule is CCCCCCCCCCCCCC/C=C\CCCCCCCCCCCCCCC(=O)NC(COP(=O)([O-])OCC[N+](C)(C)C)C(O)/C=C/CC/C=C/CC/C=C/CCCCCCCCCCCCCCCC. The summed E-state index contributed by atoms with van der Waals surface area (Å²) in [5.74, 6) is -0.208. The van der Waals surface area contributed by atoms with Crippen molar-refractivity contribution in [3.05, 3.63) is 48.6 Å². The number of aliphatic hydroxyl groups excluding tert-OH is 1. The molecule has 9 heteroatoms.